The molecule has 3 amide bonds. The molecule has 1 aliphatic rings. The second-order valence-corrected chi connectivity index (χ2v) is 5.52. The summed E-state index contributed by atoms with van der Waals surface area (Å²) in [5, 5.41) is 2.18. The number of carbonyl (C=O) groups excluding carboxylic acids is 3. The van der Waals surface area contributed by atoms with Crippen molar-refractivity contribution < 1.29 is 14.4 Å². The van der Waals surface area contributed by atoms with Crippen LogP contribution >= 0.6 is 34.8 Å². The number of aromatic nitrogens is 1. The van der Waals surface area contributed by atoms with E-state index in [4.69, 9.17) is 34.8 Å². The maximum atomic E-state index is 12.5. The topological polar surface area (TPSA) is 79.4 Å². The van der Waals surface area contributed by atoms with Crippen LogP contribution in [-0.2, 0) is 9.59 Å². The molecular weight excluding hydrogens is 341 g/mol. The highest BCUT2D eigenvalue weighted by atomic mass is 35.5. The molecular formula is C12H10Cl3N3O3. The first kappa shape index (κ1) is 16.0. The van der Waals surface area contributed by atoms with E-state index in [0.29, 0.717) is 6.42 Å². The minimum atomic E-state index is -0.762. The Bertz CT molecular complexity index is 636. The minimum Gasteiger partial charge on any atom is -0.316 e. The highest BCUT2D eigenvalue weighted by Gasteiger charge is 2.37. The Balaban J connectivity index is 2.40. The SMILES string of the molecule is CCC1C(=O)NC(=O)CN1C(=O)c1ncc(Cl)c(Cl)c1Cl. The van der Waals surface area contributed by atoms with Crippen molar-refractivity contribution in [3.8, 4) is 0 Å². The molecule has 1 aromatic heterocycles. The van der Waals surface area contributed by atoms with Gasteiger partial charge in [-0.15, -0.1) is 0 Å². The van der Waals surface area contributed by atoms with Gasteiger partial charge >= 0.3 is 0 Å². The molecule has 6 nitrogen and oxygen atoms in total. The number of piperazine rings is 1. The van der Waals surface area contributed by atoms with Gasteiger partial charge in [-0.05, 0) is 6.42 Å². The van der Waals surface area contributed by atoms with Gasteiger partial charge in [0.2, 0.25) is 11.8 Å². The van der Waals surface area contributed by atoms with Crippen LogP contribution in [0.5, 0.6) is 0 Å². The van der Waals surface area contributed by atoms with Crippen LogP contribution in [0.4, 0.5) is 0 Å². The van der Waals surface area contributed by atoms with Crippen molar-refractivity contribution in [3.63, 3.8) is 0 Å². The molecule has 0 bridgehead atoms. The van der Waals surface area contributed by atoms with E-state index in [9.17, 15) is 14.4 Å². The molecule has 2 heterocycles. The summed E-state index contributed by atoms with van der Waals surface area (Å²) in [5.74, 6) is -1.74. The lowest BCUT2D eigenvalue weighted by Crippen LogP contribution is -2.59. The van der Waals surface area contributed by atoms with E-state index in [1.54, 1.807) is 6.92 Å². The molecule has 1 saturated heterocycles. The third-order valence-electron chi connectivity index (χ3n) is 3.02. The average Bonchev–Trinajstić information content (AvgIpc) is 2.43. The second-order valence-electron chi connectivity index (χ2n) is 4.35. The number of nitrogens with zero attached hydrogens (tertiary/aromatic N) is 2. The fraction of sp³-hybridized carbons (Fsp3) is 0.333. The molecule has 1 unspecified atom stereocenters. The minimum absolute atomic E-state index is 0.00230. The zero-order valence-corrected chi connectivity index (χ0v) is 13.1. The van der Waals surface area contributed by atoms with Crippen LogP contribution in [0.3, 0.4) is 0 Å². The van der Waals surface area contributed by atoms with Crippen molar-refractivity contribution in [1.82, 2.24) is 15.2 Å². The normalized spacial score (nSPS) is 18.7. The standard InChI is InChI=1S/C12H10Cl3N3O3/c1-2-6-11(20)17-7(19)4-18(6)12(21)10-9(15)8(14)5(13)3-16-10/h3,6H,2,4H2,1H3,(H,17,19,20). The van der Waals surface area contributed by atoms with Crippen LogP contribution in [0.25, 0.3) is 0 Å². The van der Waals surface area contributed by atoms with Gasteiger partial charge in [0.25, 0.3) is 5.91 Å². The van der Waals surface area contributed by atoms with Gasteiger partial charge in [0.15, 0.2) is 0 Å². The molecule has 0 aliphatic carbocycles. The van der Waals surface area contributed by atoms with Crippen molar-refractivity contribution in [1.29, 1.82) is 0 Å². The predicted molar refractivity (Wildman–Crippen MR) is 77.5 cm³/mol. The van der Waals surface area contributed by atoms with Gasteiger partial charge in [-0.1, -0.05) is 41.7 Å². The van der Waals surface area contributed by atoms with Crippen molar-refractivity contribution in [2.45, 2.75) is 19.4 Å². The Kier molecular flexibility index (Phi) is 4.70. The van der Waals surface area contributed by atoms with E-state index in [2.05, 4.69) is 10.3 Å². The molecule has 1 fully saturated rings. The van der Waals surface area contributed by atoms with E-state index in [-0.39, 0.29) is 27.3 Å². The number of rotatable bonds is 2. The smallest absolute Gasteiger partial charge is 0.275 e. The largest absolute Gasteiger partial charge is 0.316 e. The lowest BCUT2D eigenvalue weighted by Gasteiger charge is -2.33. The first-order valence-electron chi connectivity index (χ1n) is 6.01. The molecule has 0 radical (unpaired) electrons. The maximum Gasteiger partial charge on any atom is 0.275 e. The monoisotopic (exact) mass is 349 g/mol. The molecule has 1 N–H and O–H groups in total. The first-order chi connectivity index (χ1) is 9.86. The summed E-state index contributed by atoms with van der Waals surface area (Å²) < 4.78 is 0. The molecule has 21 heavy (non-hydrogen) atoms. The van der Waals surface area contributed by atoms with Crippen LogP contribution < -0.4 is 5.32 Å². The first-order valence-corrected chi connectivity index (χ1v) is 7.14. The Morgan fingerprint density at radius 3 is 2.67 bits per heavy atom. The summed E-state index contributed by atoms with van der Waals surface area (Å²) in [6.45, 7) is 1.48. The molecule has 0 saturated carbocycles. The fourth-order valence-corrected chi connectivity index (χ4v) is 2.58. The van der Waals surface area contributed by atoms with Gasteiger partial charge in [0.1, 0.15) is 18.3 Å². The van der Waals surface area contributed by atoms with Crippen LogP contribution in [0.2, 0.25) is 15.1 Å². The number of nitrogens with one attached hydrogen (secondary N) is 1. The third kappa shape index (κ3) is 2.97. The van der Waals surface area contributed by atoms with E-state index >= 15 is 0 Å². The van der Waals surface area contributed by atoms with Crippen LogP contribution in [-0.4, -0.2) is 40.2 Å². The molecule has 9 heteroatoms. The third-order valence-corrected chi connectivity index (χ3v) is 4.26. The number of hydrogen-bond acceptors (Lipinski definition) is 4. The number of halogens is 3. The summed E-state index contributed by atoms with van der Waals surface area (Å²) in [4.78, 5) is 40.7. The number of hydrogen-bond donors (Lipinski definition) is 1. The van der Waals surface area contributed by atoms with Crippen molar-refractivity contribution in [3.05, 3.63) is 27.0 Å². The van der Waals surface area contributed by atoms with E-state index in [1.165, 1.54) is 6.20 Å². The lowest BCUT2D eigenvalue weighted by molar-refractivity contribution is -0.138. The Hall–Kier alpha value is -1.37. The molecule has 0 aromatic carbocycles. The highest BCUT2D eigenvalue weighted by Crippen LogP contribution is 2.32. The van der Waals surface area contributed by atoms with Crippen molar-refractivity contribution in [2.75, 3.05) is 6.54 Å². The number of pyridine rings is 1. The predicted octanol–water partition coefficient (Wildman–Crippen LogP) is 1.92. The van der Waals surface area contributed by atoms with E-state index in [0.717, 1.165) is 4.90 Å². The van der Waals surface area contributed by atoms with E-state index in [1.807, 2.05) is 0 Å². The van der Waals surface area contributed by atoms with Gasteiger partial charge in [-0.2, -0.15) is 0 Å². The molecule has 1 atom stereocenters. The summed E-state index contributed by atoms with van der Waals surface area (Å²) >= 11 is 17.6. The van der Waals surface area contributed by atoms with Gasteiger partial charge in [-0.3, -0.25) is 19.7 Å². The van der Waals surface area contributed by atoms with E-state index < -0.39 is 23.8 Å². The quantitative estimate of drug-likeness (QED) is 0.827. The van der Waals surface area contributed by atoms with Crippen LogP contribution in [0, 0.1) is 0 Å². The summed E-state index contributed by atoms with van der Waals surface area (Å²) in [6, 6.07) is -0.762. The van der Waals surface area contributed by atoms with Gasteiger partial charge < -0.3 is 4.90 Å². The Morgan fingerprint density at radius 2 is 2.05 bits per heavy atom. The summed E-state index contributed by atoms with van der Waals surface area (Å²) in [7, 11) is 0. The lowest BCUT2D eigenvalue weighted by atomic mass is 10.1. The van der Waals surface area contributed by atoms with Gasteiger partial charge in [0.05, 0.1) is 15.1 Å². The Labute approximate surface area is 135 Å². The zero-order chi connectivity index (χ0) is 15.7. The molecule has 0 spiro atoms. The van der Waals surface area contributed by atoms with Crippen LogP contribution in [0.15, 0.2) is 6.20 Å². The molecule has 1 aliphatic heterocycles. The highest BCUT2D eigenvalue weighted by molar-refractivity contribution is 6.48. The van der Waals surface area contributed by atoms with Crippen LogP contribution in [0.1, 0.15) is 23.8 Å². The van der Waals surface area contributed by atoms with Crippen molar-refractivity contribution >= 4 is 52.5 Å². The average molecular weight is 351 g/mol. The number of amides is 3. The number of carbonyl (C=O) groups is 3. The molecule has 2 rings (SSSR count). The summed E-state index contributed by atoms with van der Waals surface area (Å²) in [5.41, 5.74) is -0.146. The second kappa shape index (κ2) is 6.17. The van der Waals surface area contributed by atoms with Gasteiger partial charge in [0, 0.05) is 6.20 Å². The molecule has 1 aromatic rings. The fourth-order valence-electron chi connectivity index (χ4n) is 2.01. The Morgan fingerprint density at radius 1 is 1.38 bits per heavy atom. The zero-order valence-electron chi connectivity index (χ0n) is 10.8. The molecule has 112 valence electrons. The number of imide groups is 1. The summed E-state index contributed by atoms with van der Waals surface area (Å²) in [6.07, 6.45) is 1.54. The van der Waals surface area contributed by atoms with Crippen molar-refractivity contribution in [2.24, 2.45) is 0 Å². The maximum absolute atomic E-state index is 12.5. The van der Waals surface area contributed by atoms with Gasteiger partial charge in [-0.25, -0.2) is 4.98 Å².